The Labute approximate surface area is 261 Å². The number of hydrogen-bond donors (Lipinski definition) is 1. The summed E-state index contributed by atoms with van der Waals surface area (Å²) in [6.07, 6.45) is 0.588. The minimum absolute atomic E-state index is 0.0734. The fraction of sp³-hybridized carbons (Fsp3) is 0.548. The van der Waals surface area contributed by atoms with E-state index in [2.05, 4.69) is 0 Å². The number of nitrogens with two attached hydrogens (primary N) is 1. The number of aryl methyl sites for hydroxylation is 1. The number of carbonyl (C=O) groups is 2. The highest BCUT2D eigenvalue weighted by Gasteiger charge is 2.54. The van der Waals surface area contributed by atoms with Gasteiger partial charge in [0.1, 0.15) is 18.8 Å². The number of hydrogen-bond acceptors (Lipinski definition) is 8. The fourth-order valence-electron chi connectivity index (χ4n) is 5.15. The summed E-state index contributed by atoms with van der Waals surface area (Å²) in [5.74, 6) is -0.627. The number of sulfonamides is 1. The fourth-order valence-corrected chi connectivity index (χ4v) is 6.59. The Morgan fingerprint density at radius 2 is 1.45 bits per heavy atom. The first-order valence-electron chi connectivity index (χ1n) is 14.4. The lowest BCUT2D eigenvalue weighted by Gasteiger charge is -2.47. The van der Waals surface area contributed by atoms with E-state index in [0.29, 0.717) is 12.8 Å². The van der Waals surface area contributed by atoms with Gasteiger partial charge < -0.3 is 14.4 Å². The number of nitrogens with zero attached hydrogens (tertiary/aromatic N) is 2. The summed E-state index contributed by atoms with van der Waals surface area (Å²) in [4.78, 5) is 30.9. The van der Waals surface area contributed by atoms with Crippen molar-refractivity contribution in [2.24, 2.45) is 5.14 Å². The standard InChI is InChI=1S/C31H45N3O8S2/c1-30(2,3)34(29(36)41-21-23-16-12-9-13-17-23)26(31(4,5)43(7,37)38)27(35)33(6)24(19-18-22-14-10-8-11-15-22)20-25-28(42-25)44(32,39)40/h8-17,24-26,28H,18-21H2,1-7H3,(H2,32,39,40)/t24-,25?,26-,28?/m1/s1. The predicted molar refractivity (Wildman–Crippen MR) is 169 cm³/mol. The molecule has 0 aromatic heterocycles. The number of benzene rings is 2. The Morgan fingerprint density at radius 3 is 1.91 bits per heavy atom. The molecule has 2 aromatic carbocycles. The van der Waals surface area contributed by atoms with Crippen LogP contribution in [0.2, 0.25) is 0 Å². The Bertz CT molecular complexity index is 1510. The molecule has 4 atom stereocenters. The first kappa shape index (κ1) is 35.5. The second-order valence-corrected chi connectivity index (χ2v) is 17.1. The van der Waals surface area contributed by atoms with Crippen LogP contribution in [0.5, 0.6) is 0 Å². The predicted octanol–water partition coefficient (Wildman–Crippen LogP) is 3.48. The van der Waals surface area contributed by atoms with Gasteiger partial charge in [0.25, 0.3) is 0 Å². The average Bonchev–Trinajstić information content (AvgIpc) is 3.72. The summed E-state index contributed by atoms with van der Waals surface area (Å²) in [6, 6.07) is 16.5. The maximum absolute atomic E-state index is 14.6. The second-order valence-electron chi connectivity index (χ2n) is 12.9. The van der Waals surface area contributed by atoms with Gasteiger partial charge in [0.2, 0.25) is 15.9 Å². The largest absolute Gasteiger partial charge is 0.445 e. The molecule has 0 aliphatic carbocycles. The third kappa shape index (κ3) is 8.80. The summed E-state index contributed by atoms with van der Waals surface area (Å²) in [6.45, 7) is 7.88. The van der Waals surface area contributed by atoms with Gasteiger partial charge in [-0.25, -0.2) is 26.8 Å². The van der Waals surface area contributed by atoms with Crippen LogP contribution in [0.15, 0.2) is 60.7 Å². The number of carbonyl (C=O) groups excluding carboxylic acids is 2. The minimum atomic E-state index is -3.94. The lowest BCUT2D eigenvalue weighted by atomic mass is 9.93. The summed E-state index contributed by atoms with van der Waals surface area (Å²) < 4.78 is 59.5. The van der Waals surface area contributed by atoms with Crippen molar-refractivity contribution in [1.29, 1.82) is 0 Å². The van der Waals surface area contributed by atoms with Gasteiger partial charge in [-0.3, -0.25) is 9.69 Å². The molecule has 0 spiro atoms. The molecule has 1 heterocycles. The topological polar surface area (TPSA) is 157 Å². The minimum Gasteiger partial charge on any atom is -0.445 e. The van der Waals surface area contributed by atoms with Crippen molar-refractivity contribution in [2.75, 3.05) is 13.3 Å². The van der Waals surface area contributed by atoms with Crippen LogP contribution in [0.25, 0.3) is 0 Å². The smallest absolute Gasteiger partial charge is 0.411 e. The molecular weight excluding hydrogens is 606 g/mol. The summed E-state index contributed by atoms with van der Waals surface area (Å²) in [5, 5.41) is 5.29. The number of epoxide rings is 1. The molecule has 13 heteroatoms. The van der Waals surface area contributed by atoms with E-state index in [1.54, 1.807) is 45.0 Å². The van der Waals surface area contributed by atoms with Gasteiger partial charge in [-0.15, -0.1) is 0 Å². The van der Waals surface area contributed by atoms with Gasteiger partial charge >= 0.3 is 6.09 Å². The normalized spacial score (nSPS) is 18.6. The molecule has 2 aromatic rings. The van der Waals surface area contributed by atoms with Crippen molar-refractivity contribution in [3.63, 3.8) is 0 Å². The molecule has 2 N–H and O–H groups in total. The van der Waals surface area contributed by atoms with Gasteiger partial charge in [-0.2, -0.15) is 0 Å². The summed E-state index contributed by atoms with van der Waals surface area (Å²) in [7, 11) is -6.33. The molecule has 1 aliphatic rings. The third-order valence-corrected chi connectivity index (χ3v) is 11.3. The Hall–Kier alpha value is -3.00. The van der Waals surface area contributed by atoms with Gasteiger partial charge in [-0.1, -0.05) is 60.7 Å². The Morgan fingerprint density at radius 1 is 0.932 bits per heavy atom. The van der Waals surface area contributed by atoms with Crippen LogP contribution in [-0.4, -0.2) is 85.8 Å². The SMILES string of the molecule is CN(C(=O)[C@@H](N(C(=O)OCc1ccccc1)C(C)(C)C)C(C)(C)S(C)(=O)=O)[C@H](CCc1ccccc1)CC1OC1S(N)(=O)=O. The molecule has 0 bridgehead atoms. The first-order valence-corrected chi connectivity index (χ1v) is 17.9. The van der Waals surface area contributed by atoms with E-state index in [-0.39, 0.29) is 13.0 Å². The van der Waals surface area contributed by atoms with Crippen LogP contribution in [0.1, 0.15) is 58.6 Å². The van der Waals surface area contributed by atoms with E-state index in [1.807, 2.05) is 36.4 Å². The number of primary sulfonamides is 1. The zero-order valence-electron chi connectivity index (χ0n) is 26.5. The number of amides is 2. The summed E-state index contributed by atoms with van der Waals surface area (Å²) in [5.41, 5.74) is -0.472. The highest BCUT2D eigenvalue weighted by atomic mass is 32.2. The van der Waals surface area contributed by atoms with Gasteiger partial charge in [-0.05, 0) is 65.0 Å². The Kier molecular flexibility index (Phi) is 10.9. The molecule has 2 amide bonds. The quantitative estimate of drug-likeness (QED) is 0.323. The second kappa shape index (κ2) is 13.6. The molecule has 0 radical (unpaired) electrons. The number of sulfone groups is 1. The monoisotopic (exact) mass is 651 g/mol. The van der Waals surface area contributed by atoms with Crippen LogP contribution in [0, 0.1) is 0 Å². The van der Waals surface area contributed by atoms with E-state index in [0.717, 1.165) is 17.4 Å². The summed E-state index contributed by atoms with van der Waals surface area (Å²) >= 11 is 0. The highest BCUT2D eigenvalue weighted by Crippen LogP contribution is 2.35. The van der Waals surface area contributed by atoms with E-state index in [9.17, 15) is 26.4 Å². The van der Waals surface area contributed by atoms with Gasteiger partial charge in [0, 0.05) is 24.9 Å². The highest BCUT2D eigenvalue weighted by molar-refractivity contribution is 7.92. The van der Waals surface area contributed by atoms with Crippen LogP contribution in [-0.2, 0) is 47.2 Å². The lowest BCUT2D eigenvalue weighted by Crippen LogP contribution is -2.67. The molecule has 44 heavy (non-hydrogen) atoms. The zero-order valence-corrected chi connectivity index (χ0v) is 28.1. The van der Waals surface area contributed by atoms with Gasteiger partial charge in [0.15, 0.2) is 15.3 Å². The molecule has 11 nitrogen and oxygen atoms in total. The van der Waals surface area contributed by atoms with Crippen molar-refractivity contribution in [1.82, 2.24) is 9.80 Å². The van der Waals surface area contributed by atoms with E-state index in [4.69, 9.17) is 14.6 Å². The number of rotatable bonds is 13. The van der Waals surface area contributed by atoms with Crippen LogP contribution >= 0.6 is 0 Å². The van der Waals surface area contributed by atoms with Crippen molar-refractivity contribution >= 4 is 31.9 Å². The van der Waals surface area contributed by atoms with E-state index in [1.165, 1.54) is 30.7 Å². The van der Waals surface area contributed by atoms with Crippen LogP contribution in [0.4, 0.5) is 4.79 Å². The zero-order chi connectivity index (χ0) is 33.1. The number of likely N-dealkylation sites (N-methyl/N-ethyl adjacent to an activating group) is 1. The molecule has 2 unspecified atom stereocenters. The lowest BCUT2D eigenvalue weighted by molar-refractivity contribution is -0.141. The maximum Gasteiger partial charge on any atom is 0.411 e. The van der Waals surface area contributed by atoms with Crippen LogP contribution < -0.4 is 5.14 Å². The van der Waals surface area contributed by atoms with Crippen molar-refractivity contribution in [3.05, 3.63) is 71.8 Å². The van der Waals surface area contributed by atoms with Crippen molar-refractivity contribution < 1.29 is 35.9 Å². The maximum atomic E-state index is 14.6. The van der Waals surface area contributed by atoms with E-state index >= 15 is 0 Å². The molecule has 244 valence electrons. The molecule has 3 rings (SSSR count). The average molecular weight is 652 g/mol. The number of ether oxygens (including phenoxy) is 2. The molecular formula is C31H45N3O8S2. The van der Waals surface area contributed by atoms with E-state index < -0.39 is 65.8 Å². The molecule has 0 saturated carbocycles. The third-order valence-electron chi connectivity index (χ3n) is 8.10. The Balaban J connectivity index is 2.00. The molecule has 1 fully saturated rings. The molecule has 1 aliphatic heterocycles. The first-order chi connectivity index (χ1) is 20.2. The van der Waals surface area contributed by atoms with Crippen molar-refractivity contribution in [2.45, 2.75) is 94.4 Å². The molecule has 1 saturated heterocycles. The van der Waals surface area contributed by atoms with Gasteiger partial charge in [0.05, 0.1) is 4.75 Å². The van der Waals surface area contributed by atoms with Crippen molar-refractivity contribution in [3.8, 4) is 0 Å². The van der Waals surface area contributed by atoms with Crippen LogP contribution in [0.3, 0.4) is 0 Å².